The molecule has 1 aliphatic rings. The summed E-state index contributed by atoms with van der Waals surface area (Å²) in [6, 6.07) is 12.4. The van der Waals surface area contributed by atoms with Gasteiger partial charge in [-0.2, -0.15) is 5.10 Å². The maximum absolute atomic E-state index is 4.81. The summed E-state index contributed by atoms with van der Waals surface area (Å²) in [6.07, 6.45) is 1.85. The lowest BCUT2D eigenvalue weighted by Gasteiger charge is -2.25. The van der Waals surface area contributed by atoms with Crippen LogP contribution >= 0.6 is 11.3 Å². The van der Waals surface area contributed by atoms with E-state index in [9.17, 15) is 0 Å². The van der Waals surface area contributed by atoms with Crippen LogP contribution in [0, 0.1) is 12.8 Å². The van der Waals surface area contributed by atoms with Gasteiger partial charge in [0.05, 0.1) is 11.9 Å². The molecule has 2 aromatic heterocycles. The molecule has 3 heterocycles. The number of hydrogen-bond acceptors (Lipinski definition) is 5. The number of thiazole rings is 1. The standard InChI is InChI=1S/C18H21N5S/c1-13-18(15-5-3-2-4-6-15)22-17(24-13)11-19-9-14-10-20-16-7-8-21-23(16)12-14/h2-8,14,19-20H,9-12H2,1H3/t14-/m0/s1. The van der Waals surface area contributed by atoms with E-state index < -0.39 is 0 Å². The molecule has 4 rings (SSSR count). The minimum Gasteiger partial charge on any atom is -0.370 e. The van der Waals surface area contributed by atoms with Gasteiger partial charge < -0.3 is 10.6 Å². The summed E-state index contributed by atoms with van der Waals surface area (Å²) in [6.45, 7) is 5.89. The van der Waals surface area contributed by atoms with Gasteiger partial charge in [0.2, 0.25) is 0 Å². The summed E-state index contributed by atoms with van der Waals surface area (Å²) in [5.41, 5.74) is 2.30. The van der Waals surface area contributed by atoms with Crippen molar-refractivity contribution in [3.05, 3.63) is 52.5 Å². The Kier molecular flexibility index (Phi) is 4.32. The maximum Gasteiger partial charge on any atom is 0.124 e. The first kappa shape index (κ1) is 15.4. The van der Waals surface area contributed by atoms with Gasteiger partial charge in [-0.3, -0.25) is 0 Å². The van der Waals surface area contributed by atoms with Gasteiger partial charge in [-0.1, -0.05) is 30.3 Å². The number of fused-ring (bicyclic) bond motifs is 1. The van der Waals surface area contributed by atoms with Crippen LogP contribution in [0.3, 0.4) is 0 Å². The molecule has 0 saturated carbocycles. The second kappa shape index (κ2) is 6.75. The molecule has 5 nitrogen and oxygen atoms in total. The van der Waals surface area contributed by atoms with Crippen LogP contribution in [0.5, 0.6) is 0 Å². The van der Waals surface area contributed by atoms with E-state index in [1.807, 2.05) is 23.0 Å². The Bertz CT molecular complexity index is 808. The first-order chi connectivity index (χ1) is 11.8. The summed E-state index contributed by atoms with van der Waals surface area (Å²) in [7, 11) is 0. The maximum atomic E-state index is 4.81. The van der Waals surface area contributed by atoms with Gasteiger partial charge in [-0.15, -0.1) is 11.3 Å². The second-order valence-corrected chi connectivity index (χ2v) is 7.44. The molecule has 2 N–H and O–H groups in total. The second-order valence-electron chi connectivity index (χ2n) is 6.15. The number of aryl methyl sites for hydroxylation is 1. The van der Waals surface area contributed by atoms with Crippen LogP contribution in [-0.2, 0) is 13.1 Å². The molecule has 0 bridgehead atoms. The third-order valence-electron chi connectivity index (χ3n) is 4.32. The third-order valence-corrected chi connectivity index (χ3v) is 5.29. The molecule has 0 saturated heterocycles. The minimum atomic E-state index is 0.548. The van der Waals surface area contributed by atoms with E-state index in [0.29, 0.717) is 5.92 Å². The topological polar surface area (TPSA) is 54.8 Å². The lowest BCUT2D eigenvalue weighted by Crippen LogP contribution is -2.35. The predicted molar refractivity (Wildman–Crippen MR) is 98.2 cm³/mol. The highest BCUT2D eigenvalue weighted by molar-refractivity contribution is 7.12. The third kappa shape index (κ3) is 3.20. The molecular weight excluding hydrogens is 318 g/mol. The van der Waals surface area contributed by atoms with Crippen LogP contribution in [0.4, 0.5) is 5.82 Å². The highest BCUT2D eigenvalue weighted by Gasteiger charge is 2.18. The van der Waals surface area contributed by atoms with Crippen molar-refractivity contribution in [1.82, 2.24) is 20.1 Å². The van der Waals surface area contributed by atoms with Gasteiger partial charge in [0.15, 0.2) is 0 Å². The Morgan fingerprint density at radius 3 is 3.04 bits per heavy atom. The zero-order chi connectivity index (χ0) is 16.4. The molecule has 6 heteroatoms. The summed E-state index contributed by atoms with van der Waals surface area (Å²) < 4.78 is 2.04. The zero-order valence-corrected chi connectivity index (χ0v) is 14.5. The highest BCUT2D eigenvalue weighted by atomic mass is 32.1. The lowest BCUT2D eigenvalue weighted by molar-refractivity contribution is 0.391. The normalized spacial score (nSPS) is 16.6. The molecule has 0 spiro atoms. The van der Waals surface area contributed by atoms with Gasteiger partial charge in [0.1, 0.15) is 10.8 Å². The Morgan fingerprint density at radius 1 is 1.29 bits per heavy atom. The average molecular weight is 339 g/mol. The first-order valence-corrected chi connectivity index (χ1v) is 9.09. The summed E-state index contributed by atoms with van der Waals surface area (Å²) in [5, 5.41) is 12.5. The van der Waals surface area contributed by atoms with E-state index in [4.69, 9.17) is 4.98 Å². The van der Waals surface area contributed by atoms with Crippen LogP contribution < -0.4 is 10.6 Å². The predicted octanol–water partition coefficient (Wildman–Crippen LogP) is 3.15. The van der Waals surface area contributed by atoms with Gasteiger partial charge in [-0.05, 0) is 6.92 Å². The van der Waals surface area contributed by atoms with E-state index in [1.165, 1.54) is 10.4 Å². The van der Waals surface area contributed by atoms with Crippen molar-refractivity contribution < 1.29 is 0 Å². The molecule has 1 aromatic carbocycles. The Morgan fingerprint density at radius 2 is 2.17 bits per heavy atom. The number of hydrogen-bond donors (Lipinski definition) is 2. The molecule has 0 radical (unpaired) electrons. The van der Waals surface area contributed by atoms with Crippen LogP contribution in [0.1, 0.15) is 9.88 Å². The number of benzene rings is 1. The fraction of sp³-hybridized carbons (Fsp3) is 0.333. The molecule has 1 atom stereocenters. The van der Waals surface area contributed by atoms with Gasteiger partial charge in [0.25, 0.3) is 0 Å². The van der Waals surface area contributed by atoms with Crippen molar-refractivity contribution in [1.29, 1.82) is 0 Å². The molecule has 0 fully saturated rings. The number of anilines is 1. The van der Waals surface area contributed by atoms with Crippen molar-refractivity contribution >= 4 is 17.2 Å². The fourth-order valence-electron chi connectivity index (χ4n) is 3.10. The Hall–Kier alpha value is -2.18. The smallest absolute Gasteiger partial charge is 0.124 e. The largest absolute Gasteiger partial charge is 0.370 e. The van der Waals surface area contributed by atoms with E-state index in [0.717, 1.165) is 42.7 Å². The molecule has 0 aliphatic carbocycles. The lowest BCUT2D eigenvalue weighted by atomic mass is 10.1. The fourth-order valence-corrected chi connectivity index (χ4v) is 4.02. The van der Waals surface area contributed by atoms with E-state index >= 15 is 0 Å². The van der Waals surface area contributed by atoms with Crippen molar-refractivity contribution in [2.75, 3.05) is 18.4 Å². The van der Waals surface area contributed by atoms with Gasteiger partial charge >= 0.3 is 0 Å². The number of aromatic nitrogens is 3. The monoisotopic (exact) mass is 339 g/mol. The quantitative estimate of drug-likeness (QED) is 0.750. The molecule has 0 unspecified atom stereocenters. The molecule has 124 valence electrons. The molecule has 0 amide bonds. The van der Waals surface area contributed by atoms with E-state index in [1.54, 1.807) is 11.3 Å². The number of rotatable bonds is 5. The molecule has 3 aromatic rings. The van der Waals surface area contributed by atoms with Crippen molar-refractivity contribution in [2.24, 2.45) is 5.92 Å². The van der Waals surface area contributed by atoms with Crippen molar-refractivity contribution in [3.8, 4) is 11.3 Å². The summed E-state index contributed by atoms with van der Waals surface area (Å²) in [5.74, 6) is 1.67. The van der Waals surface area contributed by atoms with E-state index in [2.05, 4.69) is 46.9 Å². The minimum absolute atomic E-state index is 0.548. The van der Waals surface area contributed by atoms with Gasteiger partial charge in [0, 0.05) is 48.6 Å². The average Bonchev–Trinajstić information content (AvgIpc) is 3.21. The van der Waals surface area contributed by atoms with Crippen LogP contribution in [0.25, 0.3) is 11.3 Å². The molecule has 24 heavy (non-hydrogen) atoms. The van der Waals surface area contributed by atoms with Gasteiger partial charge in [-0.25, -0.2) is 9.67 Å². The Labute approximate surface area is 145 Å². The SMILES string of the molecule is Cc1sc(CNC[C@H]2CNc3ccnn3C2)nc1-c1ccccc1. The number of nitrogens with one attached hydrogen (secondary N) is 2. The molecule has 1 aliphatic heterocycles. The number of nitrogens with zero attached hydrogens (tertiary/aromatic N) is 3. The summed E-state index contributed by atoms with van der Waals surface area (Å²) in [4.78, 5) is 6.09. The van der Waals surface area contributed by atoms with Crippen molar-refractivity contribution in [2.45, 2.75) is 20.0 Å². The van der Waals surface area contributed by atoms with Crippen LogP contribution in [0.15, 0.2) is 42.6 Å². The zero-order valence-electron chi connectivity index (χ0n) is 13.7. The van der Waals surface area contributed by atoms with E-state index in [-0.39, 0.29) is 0 Å². The highest BCUT2D eigenvalue weighted by Crippen LogP contribution is 2.27. The molecular formula is C18H21N5S. The van der Waals surface area contributed by atoms with Crippen LogP contribution in [-0.4, -0.2) is 27.9 Å². The summed E-state index contributed by atoms with van der Waals surface area (Å²) >= 11 is 1.78. The van der Waals surface area contributed by atoms with Crippen LogP contribution in [0.2, 0.25) is 0 Å². The van der Waals surface area contributed by atoms with Crippen molar-refractivity contribution in [3.63, 3.8) is 0 Å². The first-order valence-electron chi connectivity index (χ1n) is 8.28. The Balaban J connectivity index is 1.34.